The molecule has 8 heteroatoms. The fourth-order valence-electron chi connectivity index (χ4n) is 0.642. The third-order valence-corrected chi connectivity index (χ3v) is 1.16. The Labute approximate surface area is 157 Å². The van der Waals surface area contributed by atoms with E-state index in [1.807, 2.05) is 0 Å². The molecule has 100 valence electrons. The summed E-state index contributed by atoms with van der Waals surface area (Å²) in [5.74, 6) is 0. The first kappa shape index (κ1) is 36.6. The van der Waals surface area contributed by atoms with Crippen molar-refractivity contribution in [2.75, 3.05) is 13.1 Å². The molecule has 0 aromatic heterocycles. The molecule has 0 aromatic carbocycles. The van der Waals surface area contributed by atoms with Crippen LogP contribution in [0.5, 0.6) is 0 Å². The SMILES string of the molecule is C=C.C=C.NCCCCCCN.O=[PH]([O-])[O-].[Na+].[Na+]. The maximum absolute atomic E-state index is 8.52. The summed E-state index contributed by atoms with van der Waals surface area (Å²) in [6.45, 7) is 13.6. The summed E-state index contributed by atoms with van der Waals surface area (Å²) in [6, 6.07) is 0. The number of unbranched alkanes of at least 4 members (excludes halogenated alkanes) is 3. The smallest absolute Gasteiger partial charge is 0.813 e. The molecule has 0 aliphatic heterocycles. The summed E-state index contributed by atoms with van der Waals surface area (Å²) >= 11 is 0. The molecule has 0 heterocycles. The van der Waals surface area contributed by atoms with Gasteiger partial charge in [0.2, 0.25) is 0 Å². The van der Waals surface area contributed by atoms with Crippen LogP contribution in [0.15, 0.2) is 26.3 Å². The summed E-state index contributed by atoms with van der Waals surface area (Å²) in [6.07, 6.45) is 4.79. The Morgan fingerprint density at radius 3 is 1.06 bits per heavy atom. The molecule has 0 amide bonds. The van der Waals surface area contributed by atoms with Crippen molar-refractivity contribution in [3.8, 4) is 0 Å². The van der Waals surface area contributed by atoms with Crippen LogP contribution in [0.2, 0.25) is 0 Å². The van der Waals surface area contributed by atoms with Crippen LogP contribution >= 0.6 is 8.25 Å². The van der Waals surface area contributed by atoms with Gasteiger partial charge in [-0.15, -0.1) is 26.3 Å². The molecule has 0 aliphatic carbocycles. The van der Waals surface area contributed by atoms with Crippen molar-refractivity contribution in [1.29, 1.82) is 0 Å². The van der Waals surface area contributed by atoms with E-state index in [9.17, 15) is 0 Å². The van der Waals surface area contributed by atoms with Crippen LogP contribution in [-0.2, 0) is 4.57 Å². The van der Waals surface area contributed by atoms with Gasteiger partial charge in [0.05, 0.1) is 0 Å². The second-order valence-corrected chi connectivity index (χ2v) is 2.74. The van der Waals surface area contributed by atoms with Gasteiger partial charge in [-0.05, 0) is 25.9 Å². The Kier molecular flexibility index (Phi) is 104. The molecule has 0 saturated heterocycles. The van der Waals surface area contributed by atoms with E-state index in [-0.39, 0.29) is 59.1 Å². The van der Waals surface area contributed by atoms with Crippen LogP contribution in [0.4, 0.5) is 0 Å². The fraction of sp³-hybridized carbons (Fsp3) is 0.600. The van der Waals surface area contributed by atoms with E-state index in [0.717, 1.165) is 25.9 Å². The minimum absolute atomic E-state index is 0. The van der Waals surface area contributed by atoms with Gasteiger partial charge in [0.25, 0.3) is 0 Å². The molecule has 0 unspecified atom stereocenters. The van der Waals surface area contributed by atoms with E-state index in [2.05, 4.69) is 26.3 Å². The van der Waals surface area contributed by atoms with E-state index >= 15 is 0 Å². The molecule has 0 aromatic rings. The van der Waals surface area contributed by atoms with Gasteiger partial charge in [0.15, 0.2) is 0 Å². The fourth-order valence-corrected chi connectivity index (χ4v) is 0.642. The topological polar surface area (TPSA) is 115 Å². The first-order valence-electron chi connectivity index (χ1n) is 4.93. The second-order valence-electron chi connectivity index (χ2n) is 2.24. The van der Waals surface area contributed by atoms with E-state index in [1.165, 1.54) is 12.8 Å². The van der Waals surface area contributed by atoms with Crippen molar-refractivity contribution in [2.45, 2.75) is 25.7 Å². The van der Waals surface area contributed by atoms with Crippen LogP contribution in [0.1, 0.15) is 25.7 Å². The largest absolute Gasteiger partial charge is 1.00 e. The molecular formula is C10H25N2Na2O3P. The average Bonchev–Trinajstić information content (AvgIpc) is 2.29. The van der Waals surface area contributed by atoms with Gasteiger partial charge in [-0.3, -0.25) is 0 Å². The Bertz CT molecular complexity index is 124. The Balaban J connectivity index is -0.0000000312. The van der Waals surface area contributed by atoms with Gasteiger partial charge in [-0.2, -0.15) is 0 Å². The minimum Gasteiger partial charge on any atom is -0.813 e. The molecule has 0 rings (SSSR count). The average molecular weight is 298 g/mol. The molecule has 0 spiro atoms. The van der Waals surface area contributed by atoms with Crippen molar-refractivity contribution in [1.82, 2.24) is 0 Å². The van der Waals surface area contributed by atoms with Crippen LogP contribution in [0.3, 0.4) is 0 Å². The monoisotopic (exact) mass is 298 g/mol. The van der Waals surface area contributed by atoms with Gasteiger partial charge < -0.3 is 25.8 Å². The van der Waals surface area contributed by atoms with Gasteiger partial charge in [0.1, 0.15) is 0 Å². The van der Waals surface area contributed by atoms with Crippen LogP contribution in [0, 0.1) is 0 Å². The summed E-state index contributed by atoms with van der Waals surface area (Å²) in [5.41, 5.74) is 10.6. The van der Waals surface area contributed by atoms with Crippen molar-refractivity contribution < 1.29 is 73.5 Å². The molecule has 18 heavy (non-hydrogen) atoms. The number of hydrogen-bond acceptors (Lipinski definition) is 5. The van der Waals surface area contributed by atoms with E-state index in [4.69, 9.17) is 25.8 Å². The minimum atomic E-state index is -3.63. The van der Waals surface area contributed by atoms with Crippen molar-refractivity contribution in [2.24, 2.45) is 11.5 Å². The van der Waals surface area contributed by atoms with Gasteiger partial charge >= 0.3 is 59.1 Å². The summed E-state index contributed by atoms with van der Waals surface area (Å²) in [5, 5.41) is 0. The van der Waals surface area contributed by atoms with E-state index in [0.29, 0.717) is 0 Å². The molecule has 0 saturated carbocycles. The standard InChI is InChI=1S/C6H16N2.2C2H4.2Na.H3O3P/c7-5-3-1-2-4-6-8;2*1-2;;;1-4(2)3/h1-8H2;2*1-2H2;;;4H,(H2,1,2,3)/q;;;2*+1;/p-2. The molecule has 0 bridgehead atoms. The number of rotatable bonds is 5. The summed E-state index contributed by atoms with van der Waals surface area (Å²) in [4.78, 5) is 17.0. The van der Waals surface area contributed by atoms with Crippen molar-refractivity contribution >= 4 is 8.25 Å². The summed E-state index contributed by atoms with van der Waals surface area (Å²) < 4.78 is 8.52. The van der Waals surface area contributed by atoms with Gasteiger partial charge in [-0.25, -0.2) is 0 Å². The van der Waals surface area contributed by atoms with Gasteiger partial charge in [-0.1, -0.05) is 21.1 Å². The number of nitrogens with two attached hydrogens (primary N) is 2. The second kappa shape index (κ2) is 51.3. The molecule has 0 fully saturated rings. The normalized spacial score (nSPS) is 6.72. The zero-order valence-corrected chi connectivity index (χ0v) is 17.0. The Morgan fingerprint density at radius 1 is 0.778 bits per heavy atom. The van der Waals surface area contributed by atoms with Crippen molar-refractivity contribution in [3.05, 3.63) is 26.3 Å². The van der Waals surface area contributed by atoms with Crippen molar-refractivity contribution in [3.63, 3.8) is 0 Å². The van der Waals surface area contributed by atoms with Gasteiger partial charge in [0, 0.05) is 0 Å². The number of hydrogen-bond donors (Lipinski definition) is 2. The molecule has 4 N–H and O–H groups in total. The maximum atomic E-state index is 8.52. The van der Waals surface area contributed by atoms with Crippen LogP contribution in [-0.4, -0.2) is 13.1 Å². The molecule has 0 atom stereocenters. The Hall–Kier alpha value is 1.55. The predicted octanol–water partition coefficient (Wildman–Crippen LogP) is -5.83. The predicted molar refractivity (Wildman–Crippen MR) is 68.1 cm³/mol. The third-order valence-electron chi connectivity index (χ3n) is 1.16. The molecule has 0 radical (unpaired) electrons. The zero-order chi connectivity index (χ0) is 13.8. The van der Waals surface area contributed by atoms with E-state index < -0.39 is 8.25 Å². The zero-order valence-electron chi connectivity index (χ0n) is 12.0. The maximum Gasteiger partial charge on any atom is 1.00 e. The molecule has 0 aliphatic rings. The van der Waals surface area contributed by atoms with E-state index in [1.54, 1.807) is 0 Å². The van der Waals surface area contributed by atoms with Crippen LogP contribution in [0.25, 0.3) is 0 Å². The molecule has 5 nitrogen and oxygen atoms in total. The molecular weight excluding hydrogens is 273 g/mol. The first-order chi connectivity index (χ1) is 7.65. The quantitative estimate of drug-likeness (QED) is 0.227. The third kappa shape index (κ3) is 112. The summed E-state index contributed by atoms with van der Waals surface area (Å²) in [7, 11) is -3.63. The first-order valence-corrected chi connectivity index (χ1v) is 6.15. The van der Waals surface area contributed by atoms with Crippen LogP contribution < -0.4 is 80.4 Å². The Morgan fingerprint density at radius 2 is 0.944 bits per heavy atom.